The first-order valence-electron chi connectivity index (χ1n) is 4.05. The van der Waals surface area contributed by atoms with Gasteiger partial charge in [0, 0.05) is 22.3 Å². The molecule has 1 rings (SSSR count). The van der Waals surface area contributed by atoms with Crippen molar-refractivity contribution in [3.63, 3.8) is 0 Å². The molecule has 0 saturated heterocycles. The Balaban J connectivity index is 2.59. The van der Waals surface area contributed by atoms with E-state index in [1.807, 2.05) is 0 Å². The summed E-state index contributed by atoms with van der Waals surface area (Å²) in [6.45, 7) is 0. The zero-order valence-corrected chi connectivity index (χ0v) is 9.19. The van der Waals surface area contributed by atoms with Gasteiger partial charge in [-0.25, -0.2) is 4.79 Å². The average Bonchev–Trinajstić information content (AvgIpc) is 2.19. The molecule has 0 unspecified atom stereocenters. The number of rotatable bonds is 3. The molecule has 0 bridgehead atoms. The Morgan fingerprint density at radius 3 is 2.33 bits per heavy atom. The van der Waals surface area contributed by atoms with Crippen LogP contribution in [0.15, 0.2) is 40.9 Å². The maximum Gasteiger partial charge on any atom is 0.328 e. The molecule has 2 N–H and O–H groups in total. The zero-order chi connectivity index (χ0) is 11.3. The topological polar surface area (TPSA) is 66.4 Å². The summed E-state index contributed by atoms with van der Waals surface area (Å²) in [5.41, 5.74) is 0.609. The van der Waals surface area contributed by atoms with Crippen LogP contribution in [0.3, 0.4) is 0 Å². The molecule has 0 fully saturated rings. The fourth-order valence-electron chi connectivity index (χ4n) is 0.864. The van der Waals surface area contributed by atoms with E-state index in [0.717, 1.165) is 16.6 Å². The largest absolute Gasteiger partial charge is 0.478 e. The van der Waals surface area contributed by atoms with Gasteiger partial charge in [-0.1, -0.05) is 15.9 Å². The van der Waals surface area contributed by atoms with Crippen molar-refractivity contribution in [2.75, 3.05) is 5.32 Å². The summed E-state index contributed by atoms with van der Waals surface area (Å²) in [6.07, 6.45) is 1.75. The van der Waals surface area contributed by atoms with Crippen molar-refractivity contribution in [3.05, 3.63) is 40.9 Å². The zero-order valence-electron chi connectivity index (χ0n) is 7.61. The molecule has 0 heterocycles. The highest BCUT2D eigenvalue weighted by atomic mass is 79.9. The summed E-state index contributed by atoms with van der Waals surface area (Å²) < 4.78 is 0.904. The number of aliphatic carboxylic acids is 1. The van der Waals surface area contributed by atoms with Gasteiger partial charge in [-0.2, -0.15) is 0 Å². The number of carboxylic acid groups (broad SMARTS) is 1. The van der Waals surface area contributed by atoms with Crippen LogP contribution in [0.25, 0.3) is 0 Å². The van der Waals surface area contributed by atoms with Gasteiger partial charge in [-0.3, -0.25) is 4.79 Å². The number of hydrogen-bond donors (Lipinski definition) is 2. The third-order valence-corrected chi connectivity index (χ3v) is 2.02. The van der Waals surface area contributed by atoms with E-state index in [1.165, 1.54) is 0 Å². The van der Waals surface area contributed by atoms with E-state index in [1.54, 1.807) is 24.3 Å². The van der Waals surface area contributed by atoms with Crippen LogP contribution in [-0.2, 0) is 9.59 Å². The van der Waals surface area contributed by atoms with E-state index < -0.39 is 11.9 Å². The van der Waals surface area contributed by atoms with Crippen molar-refractivity contribution in [2.45, 2.75) is 0 Å². The van der Waals surface area contributed by atoms with Gasteiger partial charge in [0.1, 0.15) is 0 Å². The third-order valence-electron chi connectivity index (χ3n) is 1.49. The highest BCUT2D eigenvalue weighted by Gasteiger charge is 1.98. The van der Waals surface area contributed by atoms with Crippen molar-refractivity contribution in [1.29, 1.82) is 0 Å². The monoisotopic (exact) mass is 269 g/mol. The van der Waals surface area contributed by atoms with Gasteiger partial charge in [0.15, 0.2) is 0 Å². The predicted octanol–water partition coefficient (Wildman–Crippen LogP) is 2.03. The number of halogens is 1. The predicted molar refractivity (Wildman–Crippen MR) is 59.5 cm³/mol. The Bertz CT molecular complexity index is 398. The number of nitrogens with one attached hydrogen (secondary N) is 1. The summed E-state index contributed by atoms with van der Waals surface area (Å²) >= 11 is 3.26. The summed E-state index contributed by atoms with van der Waals surface area (Å²) in [5, 5.41) is 10.8. The van der Waals surface area contributed by atoms with Crippen LogP contribution >= 0.6 is 15.9 Å². The fourth-order valence-corrected chi connectivity index (χ4v) is 1.13. The quantitative estimate of drug-likeness (QED) is 0.826. The lowest BCUT2D eigenvalue weighted by Crippen LogP contribution is -2.08. The van der Waals surface area contributed by atoms with Crippen molar-refractivity contribution in [1.82, 2.24) is 0 Å². The summed E-state index contributed by atoms with van der Waals surface area (Å²) in [7, 11) is 0. The van der Waals surface area contributed by atoms with Crippen LogP contribution in [0.5, 0.6) is 0 Å². The number of hydrogen-bond acceptors (Lipinski definition) is 2. The molecule has 0 radical (unpaired) electrons. The van der Waals surface area contributed by atoms with Crippen molar-refractivity contribution >= 4 is 33.5 Å². The van der Waals surface area contributed by atoms with Crippen LogP contribution in [0, 0.1) is 0 Å². The van der Waals surface area contributed by atoms with Crippen molar-refractivity contribution in [2.24, 2.45) is 0 Å². The first-order chi connectivity index (χ1) is 7.08. The number of carboxylic acids is 1. The van der Waals surface area contributed by atoms with E-state index in [0.29, 0.717) is 5.69 Å². The standard InChI is InChI=1S/C10H8BrNO3/c11-7-1-3-8(4-2-7)12-9(13)5-6-10(14)15/h1-6H,(H,12,13)(H,14,15)/b6-5-. The van der Waals surface area contributed by atoms with Crippen LogP contribution in [-0.4, -0.2) is 17.0 Å². The van der Waals surface area contributed by atoms with E-state index in [9.17, 15) is 9.59 Å². The Morgan fingerprint density at radius 2 is 1.80 bits per heavy atom. The molecule has 4 nitrogen and oxygen atoms in total. The van der Waals surface area contributed by atoms with E-state index >= 15 is 0 Å². The second-order valence-electron chi connectivity index (χ2n) is 2.67. The lowest BCUT2D eigenvalue weighted by Gasteiger charge is -2.00. The van der Waals surface area contributed by atoms with Gasteiger partial charge in [-0.05, 0) is 24.3 Å². The number of anilines is 1. The van der Waals surface area contributed by atoms with Gasteiger partial charge >= 0.3 is 5.97 Å². The maximum absolute atomic E-state index is 11.1. The molecular formula is C10H8BrNO3. The number of carbonyl (C=O) groups is 2. The maximum atomic E-state index is 11.1. The molecular weight excluding hydrogens is 262 g/mol. The van der Waals surface area contributed by atoms with Crippen LogP contribution in [0.4, 0.5) is 5.69 Å². The Kier molecular flexibility index (Phi) is 4.05. The number of carbonyl (C=O) groups excluding carboxylic acids is 1. The summed E-state index contributed by atoms with van der Waals surface area (Å²) in [6, 6.07) is 6.96. The molecule has 0 spiro atoms. The molecule has 5 heteroatoms. The summed E-state index contributed by atoms with van der Waals surface area (Å²) in [4.78, 5) is 21.3. The second kappa shape index (κ2) is 5.31. The molecule has 1 amide bonds. The average molecular weight is 270 g/mol. The van der Waals surface area contributed by atoms with Crippen LogP contribution < -0.4 is 5.32 Å². The Labute approximate surface area is 94.7 Å². The molecule has 78 valence electrons. The van der Waals surface area contributed by atoms with Crippen molar-refractivity contribution in [3.8, 4) is 0 Å². The number of amides is 1. The van der Waals surface area contributed by atoms with E-state index in [2.05, 4.69) is 21.2 Å². The molecule has 0 atom stereocenters. The minimum absolute atomic E-state index is 0.472. The minimum Gasteiger partial charge on any atom is -0.478 e. The molecule has 0 aliphatic carbocycles. The Hall–Kier alpha value is -1.62. The normalized spacial score (nSPS) is 10.2. The molecule has 1 aromatic rings. The van der Waals surface area contributed by atoms with Crippen LogP contribution in [0.2, 0.25) is 0 Å². The van der Waals surface area contributed by atoms with Gasteiger partial charge < -0.3 is 10.4 Å². The van der Waals surface area contributed by atoms with Gasteiger partial charge in [0.25, 0.3) is 0 Å². The lowest BCUT2D eigenvalue weighted by molar-refractivity contribution is -0.131. The number of benzene rings is 1. The molecule has 15 heavy (non-hydrogen) atoms. The third kappa shape index (κ3) is 4.42. The highest BCUT2D eigenvalue weighted by molar-refractivity contribution is 9.10. The minimum atomic E-state index is -1.15. The van der Waals surface area contributed by atoms with Crippen molar-refractivity contribution < 1.29 is 14.7 Å². The lowest BCUT2D eigenvalue weighted by atomic mass is 10.3. The first-order valence-corrected chi connectivity index (χ1v) is 4.85. The van der Waals surface area contributed by atoms with Gasteiger partial charge in [0.2, 0.25) is 5.91 Å². The molecule has 0 saturated carbocycles. The van der Waals surface area contributed by atoms with Crippen LogP contribution in [0.1, 0.15) is 0 Å². The molecule has 0 aromatic heterocycles. The highest BCUT2D eigenvalue weighted by Crippen LogP contribution is 2.13. The summed E-state index contributed by atoms with van der Waals surface area (Å²) in [5.74, 6) is -1.62. The van der Waals surface area contributed by atoms with Gasteiger partial charge in [-0.15, -0.1) is 0 Å². The first kappa shape index (κ1) is 11.5. The molecule has 1 aromatic carbocycles. The molecule has 0 aliphatic rings. The SMILES string of the molecule is O=C(O)/C=C\C(=O)Nc1ccc(Br)cc1. The van der Waals surface area contributed by atoms with Gasteiger partial charge in [0.05, 0.1) is 0 Å². The van der Waals surface area contributed by atoms with E-state index in [-0.39, 0.29) is 0 Å². The fraction of sp³-hybridized carbons (Fsp3) is 0. The second-order valence-corrected chi connectivity index (χ2v) is 3.58. The smallest absolute Gasteiger partial charge is 0.328 e. The Morgan fingerprint density at radius 1 is 1.20 bits per heavy atom. The van der Waals surface area contributed by atoms with E-state index in [4.69, 9.17) is 5.11 Å². The molecule has 0 aliphatic heterocycles.